The Kier molecular flexibility index (Phi) is 7.78. The summed E-state index contributed by atoms with van der Waals surface area (Å²) >= 11 is 7.42. The number of amides is 1. The molecule has 4 rings (SSSR count). The van der Waals surface area contributed by atoms with Gasteiger partial charge in [-0.2, -0.15) is 0 Å². The van der Waals surface area contributed by atoms with Crippen molar-refractivity contribution in [2.45, 2.75) is 32.9 Å². The zero-order valence-electron chi connectivity index (χ0n) is 20.1. The number of carbonyl (C=O) groups excluding carboxylic acids is 1. The van der Waals surface area contributed by atoms with Gasteiger partial charge in [0.2, 0.25) is 5.91 Å². The smallest absolute Gasteiger partial charge is 0.234 e. The Morgan fingerprint density at radius 3 is 2.29 bits per heavy atom. The van der Waals surface area contributed by atoms with Crippen molar-refractivity contribution in [3.63, 3.8) is 0 Å². The van der Waals surface area contributed by atoms with Crippen LogP contribution in [-0.4, -0.2) is 33.0 Å². The molecule has 1 aromatic heterocycles. The molecule has 0 saturated carbocycles. The quantitative estimate of drug-likeness (QED) is 0.271. The number of carbonyl (C=O) groups is 1. The van der Waals surface area contributed by atoms with Crippen molar-refractivity contribution in [2.75, 3.05) is 17.7 Å². The monoisotopic (exact) mass is 506 g/mol. The third-order valence-electron chi connectivity index (χ3n) is 5.42. The lowest BCUT2D eigenvalue weighted by molar-refractivity contribution is -0.113. The first kappa shape index (κ1) is 24.8. The average Bonchev–Trinajstić information content (AvgIpc) is 3.25. The summed E-state index contributed by atoms with van der Waals surface area (Å²) in [7, 11) is 0. The van der Waals surface area contributed by atoms with Crippen LogP contribution in [0.3, 0.4) is 0 Å². The topological polar surface area (TPSA) is 69.0 Å². The number of hydrogen-bond acceptors (Lipinski definition) is 5. The van der Waals surface area contributed by atoms with Crippen molar-refractivity contribution < 1.29 is 9.53 Å². The van der Waals surface area contributed by atoms with Crippen molar-refractivity contribution in [1.29, 1.82) is 0 Å². The van der Waals surface area contributed by atoms with Gasteiger partial charge in [-0.15, -0.1) is 10.2 Å². The molecule has 0 fully saturated rings. The van der Waals surface area contributed by atoms with E-state index >= 15 is 0 Å². The van der Waals surface area contributed by atoms with Crippen molar-refractivity contribution >= 4 is 35.0 Å². The van der Waals surface area contributed by atoms with Crippen LogP contribution in [-0.2, 0) is 4.79 Å². The number of hydrogen-bond donors (Lipinski definition) is 1. The van der Waals surface area contributed by atoms with E-state index in [0.717, 1.165) is 33.8 Å². The highest BCUT2D eigenvalue weighted by atomic mass is 35.5. The Hall–Kier alpha value is -3.29. The molecule has 0 bridgehead atoms. The van der Waals surface area contributed by atoms with Crippen LogP contribution in [0.15, 0.2) is 65.8 Å². The SMILES string of the molecule is CCOc1ccc(-n2c(SCC(=O)Nc3c(C)cc(C)cc3C)nnc2-c2ccc(Cl)cc2)cc1. The van der Waals surface area contributed by atoms with Gasteiger partial charge in [0.1, 0.15) is 5.75 Å². The minimum Gasteiger partial charge on any atom is -0.494 e. The van der Waals surface area contributed by atoms with Crippen molar-refractivity contribution in [1.82, 2.24) is 14.8 Å². The zero-order valence-corrected chi connectivity index (χ0v) is 21.7. The number of nitrogens with zero attached hydrogens (tertiary/aromatic N) is 3. The fraction of sp³-hybridized carbons (Fsp3) is 0.222. The Bertz CT molecular complexity index is 1310. The van der Waals surface area contributed by atoms with Crippen LogP contribution in [0.5, 0.6) is 5.75 Å². The molecule has 6 nitrogen and oxygen atoms in total. The molecular weight excluding hydrogens is 480 g/mol. The maximum Gasteiger partial charge on any atom is 0.234 e. The van der Waals surface area contributed by atoms with Crippen LogP contribution in [0.25, 0.3) is 17.1 Å². The van der Waals surface area contributed by atoms with Gasteiger partial charge in [-0.3, -0.25) is 9.36 Å². The van der Waals surface area contributed by atoms with Crippen molar-refractivity contribution in [3.05, 3.63) is 82.4 Å². The lowest BCUT2D eigenvalue weighted by Crippen LogP contribution is -2.16. The fourth-order valence-electron chi connectivity index (χ4n) is 3.92. The van der Waals surface area contributed by atoms with E-state index in [-0.39, 0.29) is 11.7 Å². The summed E-state index contributed by atoms with van der Waals surface area (Å²) in [6, 6.07) is 19.3. The van der Waals surface area contributed by atoms with E-state index < -0.39 is 0 Å². The van der Waals surface area contributed by atoms with E-state index in [1.54, 1.807) is 0 Å². The second kappa shape index (κ2) is 11.0. The first-order chi connectivity index (χ1) is 16.9. The van der Waals surface area contributed by atoms with Gasteiger partial charge in [0.25, 0.3) is 0 Å². The molecule has 0 spiro atoms. The van der Waals surface area contributed by atoms with Gasteiger partial charge in [0.15, 0.2) is 11.0 Å². The second-order valence-corrected chi connectivity index (χ2v) is 9.56. The number of aryl methyl sites for hydroxylation is 3. The number of ether oxygens (including phenoxy) is 1. The number of rotatable bonds is 8. The summed E-state index contributed by atoms with van der Waals surface area (Å²) in [5.41, 5.74) is 5.86. The van der Waals surface area contributed by atoms with Gasteiger partial charge < -0.3 is 10.1 Å². The minimum atomic E-state index is -0.0978. The highest BCUT2D eigenvalue weighted by Crippen LogP contribution is 2.30. The standard InChI is InChI=1S/C27H27ClN4O2S/c1-5-34-23-12-10-22(11-13-23)32-26(20-6-8-21(28)9-7-20)30-31-27(32)35-16-24(33)29-25-18(3)14-17(2)15-19(25)4/h6-15H,5,16H2,1-4H3,(H,29,33). The largest absolute Gasteiger partial charge is 0.494 e. The van der Waals surface area contributed by atoms with Gasteiger partial charge in [-0.1, -0.05) is 41.1 Å². The molecule has 0 saturated heterocycles. The molecule has 1 heterocycles. The van der Waals surface area contributed by atoms with Crippen LogP contribution >= 0.6 is 23.4 Å². The van der Waals surface area contributed by atoms with E-state index in [0.29, 0.717) is 22.6 Å². The average molecular weight is 507 g/mol. The van der Waals surface area contributed by atoms with Crippen LogP contribution in [0, 0.1) is 20.8 Å². The maximum atomic E-state index is 12.8. The highest BCUT2D eigenvalue weighted by molar-refractivity contribution is 7.99. The van der Waals surface area contributed by atoms with Gasteiger partial charge in [-0.05, 0) is 87.4 Å². The van der Waals surface area contributed by atoms with E-state index in [1.165, 1.54) is 17.3 Å². The number of halogens is 1. The summed E-state index contributed by atoms with van der Waals surface area (Å²) in [6.45, 7) is 8.60. The Morgan fingerprint density at radius 2 is 1.66 bits per heavy atom. The normalized spacial score (nSPS) is 10.9. The molecule has 3 aromatic carbocycles. The minimum absolute atomic E-state index is 0.0978. The van der Waals surface area contributed by atoms with Crippen molar-refractivity contribution in [2.24, 2.45) is 0 Å². The number of nitrogens with one attached hydrogen (secondary N) is 1. The van der Waals surface area contributed by atoms with Crippen LogP contribution < -0.4 is 10.1 Å². The third kappa shape index (κ3) is 5.86. The summed E-state index contributed by atoms with van der Waals surface area (Å²) in [5, 5.41) is 13.2. The lowest BCUT2D eigenvalue weighted by atomic mass is 10.1. The lowest BCUT2D eigenvalue weighted by Gasteiger charge is -2.13. The molecule has 0 radical (unpaired) electrons. The van der Waals surface area contributed by atoms with Gasteiger partial charge in [0, 0.05) is 22.0 Å². The number of anilines is 1. The molecule has 0 atom stereocenters. The van der Waals surface area contributed by atoms with E-state index in [9.17, 15) is 4.79 Å². The fourth-order valence-corrected chi connectivity index (χ4v) is 4.80. The molecule has 180 valence electrons. The third-order valence-corrected chi connectivity index (χ3v) is 6.60. The first-order valence-corrected chi connectivity index (χ1v) is 12.7. The van der Waals surface area contributed by atoms with E-state index in [2.05, 4.69) is 27.6 Å². The number of thioether (sulfide) groups is 1. The Balaban J connectivity index is 1.61. The molecule has 0 aliphatic heterocycles. The second-order valence-electron chi connectivity index (χ2n) is 8.19. The van der Waals surface area contributed by atoms with E-state index in [1.807, 2.05) is 80.8 Å². The number of aromatic nitrogens is 3. The summed E-state index contributed by atoms with van der Waals surface area (Å²) in [6.07, 6.45) is 0. The predicted octanol–water partition coefficient (Wildman–Crippen LogP) is 6.64. The number of benzene rings is 3. The Morgan fingerprint density at radius 1 is 1.00 bits per heavy atom. The summed E-state index contributed by atoms with van der Waals surface area (Å²) in [4.78, 5) is 12.8. The zero-order chi connectivity index (χ0) is 24.9. The maximum absolute atomic E-state index is 12.8. The van der Waals surface area contributed by atoms with Crippen LogP contribution in [0.4, 0.5) is 5.69 Å². The molecule has 1 amide bonds. The van der Waals surface area contributed by atoms with Gasteiger partial charge in [-0.25, -0.2) is 0 Å². The molecule has 0 unspecified atom stereocenters. The van der Waals surface area contributed by atoms with Crippen LogP contribution in [0.1, 0.15) is 23.6 Å². The van der Waals surface area contributed by atoms with Crippen LogP contribution in [0.2, 0.25) is 5.02 Å². The van der Waals surface area contributed by atoms with E-state index in [4.69, 9.17) is 16.3 Å². The summed E-state index contributed by atoms with van der Waals surface area (Å²) < 4.78 is 7.53. The molecule has 0 aliphatic rings. The summed E-state index contributed by atoms with van der Waals surface area (Å²) in [5.74, 6) is 1.55. The van der Waals surface area contributed by atoms with Gasteiger partial charge >= 0.3 is 0 Å². The molecule has 8 heteroatoms. The molecule has 35 heavy (non-hydrogen) atoms. The highest BCUT2D eigenvalue weighted by Gasteiger charge is 2.18. The Labute approximate surface area is 214 Å². The molecule has 0 aliphatic carbocycles. The van der Waals surface area contributed by atoms with Crippen molar-refractivity contribution in [3.8, 4) is 22.8 Å². The predicted molar refractivity (Wildman–Crippen MR) is 143 cm³/mol. The molecule has 1 N–H and O–H groups in total. The van der Waals surface area contributed by atoms with Gasteiger partial charge in [0.05, 0.1) is 12.4 Å². The first-order valence-electron chi connectivity index (χ1n) is 11.3. The molecule has 4 aromatic rings. The molecular formula is C27H27ClN4O2S.